The Morgan fingerprint density at radius 2 is 1.65 bits per heavy atom. The van der Waals surface area contributed by atoms with Crippen LogP contribution in [0.15, 0.2) is 65.6 Å². The van der Waals surface area contributed by atoms with Gasteiger partial charge in [-0.15, -0.1) is 0 Å². The molecule has 31 heavy (non-hydrogen) atoms. The fourth-order valence-electron chi connectivity index (χ4n) is 4.34. The zero-order valence-electron chi connectivity index (χ0n) is 16.8. The van der Waals surface area contributed by atoms with E-state index < -0.39 is 26.6 Å². The number of nitrogens with zero attached hydrogens (tertiary/aromatic N) is 1. The monoisotopic (exact) mass is 436 g/mol. The Hall–Kier alpha value is -3.03. The topological polar surface area (TPSA) is 66.5 Å². The van der Waals surface area contributed by atoms with Gasteiger partial charge in [0.2, 0.25) is 10.0 Å². The van der Waals surface area contributed by atoms with Gasteiger partial charge in [-0.05, 0) is 71.8 Å². The molecular weight excluding hydrogens is 415 g/mol. The van der Waals surface area contributed by atoms with E-state index in [2.05, 4.69) is 17.4 Å². The molecule has 1 amide bonds. The molecule has 0 spiro atoms. The van der Waals surface area contributed by atoms with Gasteiger partial charge in [0.05, 0.1) is 0 Å². The van der Waals surface area contributed by atoms with Crippen molar-refractivity contribution in [3.63, 3.8) is 0 Å². The number of rotatable bonds is 4. The van der Waals surface area contributed by atoms with Gasteiger partial charge in [0.25, 0.3) is 5.91 Å². The lowest BCUT2D eigenvalue weighted by atomic mass is 10.1. The maximum absolute atomic E-state index is 14.4. The van der Waals surface area contributed by atoms with Crippen molar-refractivity contribution in [2.75, 3.05) is 18.4 Å². The van der Waals surface area contributed by atoms with Crippen molar-refractivity contribution in [2.24, 2.45) is 0 Å². The van der Waals surface area contributed by atoms with Gasteiger partial charge < -0.3 is 5.32 Å². The quantitative estimate of drug-likeness (QED) is 0.515. The van der Waals surface area contributed by atoms with E-state index in [9.17, 15) is 17.6 Å². The Bertz CT molecular complexity index is 1300. The second-order valence-electron chi connectivity index (χ2n) is 7.92. The van der Waals surface area contributed by atoms with Gasteiger partial charge in [0.1, 0.15) is 10.7 Å². The van der Waals surface area contributed by atoms with Crippen LogP contribution in [-0.2, 0) is 16.4 Å². The van der Waals surface area contributed by atoms with Gasteiger partial charge in [0.15, 0.2) is 0 Å². The number of carbonyl (C=O) groups excluding carboxylic acids is 1. The second kappa shape index (κ2) is 7.59. The summed E-state index contributed by atoms with van der Waals surface area (Å²) in [5.41, 5.74) is 5.43. The van der Waals surface area contributed by atoms with Crippen LogP contribution in [0.2, 0.25) is 0 Å². The highest BCUT2D eigenvalue weighted by Crippen LogP contribution is 2.37. The van der Waals surface area contributed by atoms with Crippen LogP contribution in [0.3, 0.4) is 0 Å². The van der Waals surface area contributed by atoms with E-state index in [1.807, 2.05) is 30.3 Å². The number of fused-ring (bicyclic) bond motifs is 3. The van der Waals surface area contributed by atoms with E-state index in [1.54, 1.807) is 0 Å². The summed E-state index contributed by atoms with van der Waals surface area (Å²) in [6.45, 7) is 0.741. The number of nitrogens with one attached hydrogen (secondary N) is 1. The van der Waals surface area contributed by atoms with Crippen LogP contribution in [0, 0.1) is 5.82 Å². The number of hydrogen-bond donors (Lipinski definition) is 1. The summed E-state index contributed by atoms with van der Waals surface area (Å²) in [5, 5.41) is 2.81. The SMILES string of the molecule is O=C(Nc1ccc2c(c1)Cc1ccccc1-2)c1ccc(F)c(S(=O)(=O)N2CCCC2)c1. The van der Waals surface area contributed by atoms with Crippen molar-refractivity contribution in [3.05, 3.63) is 83.2 Å². The first kappa shape index (κ1) is 19.9. The molecule has 0 unspecified atom stereocenters. The normalized spacial score (nSPS) is 15.5. The molecule has 0 bridgehead atoms. The highest BCUT2D eigenvalue weighted by atomic mass is 32.2. The minimum absolute atomic E-state index is 0.1000. The third-order valence-corrected chi connectivity index (χ3v) is 7.84. The molecule has 1 fully saturated rings. The molecule has 1 heterocycles. The molecule has 2 aliphatic rings. The predicted molar refractivity (Wildman–Crippen MR) is 117 cm³/mol. The first-order chi connectivity index (χ1) is 14.9. The van der Waals surface area contributed by atoms with E-state index in [-0.39, 0.29) is 5.56 Å². The van der Waals surface area contributed by atoms with Crippen molar-refractivity contribution >= 4 is 21.6 Å². The number of carbonyl (C=O) groups is 1. The molecule has 3 aromatic rings. The Kier molecular flexibility index (Phi) is 4.87. The van der Waals surface area contributed by atoms with Gasteiger partial charge >= 0.3 is 0 Å². The summed E-state index contributed by atoms with van der Waals surface area (Å²) < 4.78 is 41.2. The summed E-state index contributed by atoms with van der Waals surface area (Å²) >= 11 is 0. The summed E-state index contributed by atoms with van der Waals surface area (Å²) in [7, 11) is -3.96. The number of anilines is 1. The fourth-order valence-corrected chi connectivity index (χ4v) is 5.94. The molecule has 1 saturated heterocycles. The van der Waals surface area contributed by atoms with Gasteiger partial charge in [0, 0.05) is 24.3 Å². The van der Waals surface area contributed by atoms with Crippen molar-refractivity contribution in [1.82, 2.24) is 4.31 Å². The van der Waals surface area contributed by atoms with E-state index in [1.165, 1.54) is 21.5 Å². The maximum atomic E-state index is 14.4. The Labute approximate surface area is 180 Å². The largest absolute Gasteiger partial charge is 0.322 e. The van der Waals surface area contributed by atoms with Gasteiger partial charge in [-0.2, -0.15) is 4.31 Å². The average Bonchev–Trinajstić information content (AvgIpc) is 3.42. The van der Waals surface area contributed by atoms with E-state index in [0.717, 1.165) is 42.5 Å². The first-order valence-electron chi connectivity index (χ1n) is 10.3. The fraction of sp³-hybridized carbons (Fsp3) is 0.208. The maximum Gasteiger partial charge on any atom is 0.255 e. The molecule has 0 saturated carbocycles. The molecular formula is C24H21FN2O3S. The average molecular weight is 437 g/mol. The summed E-state index contributed by atoms with van der Waals surface area (Å²) in [5.74, 6) is -1.33. The van der Waals surface area contributed by atoms with E-state index in [0.29, 0.717) is 18.8 Å². The van der Waals surface area contributed by atoms with Crippen LogP contribution >= 0.6 is 0 Å². The second-order valence-corrected chi connectivity index (χ2v) is 9.82. The zero-order chi connectivity index (χ0) is 21.6. The third-order valence-electron chi connectivity index (χ3n) is 5.93. The summed E-state index contributed by atoms with van der Waals surface area (Å²) in [6, 6.07) is 17.4. The highest BCUT2D eigenvalue weighted by Gasteiger charge is 2.30. The molecule has 158 valence electrons. The highest BCUT2D eigenvalue weighted by molar-refractivity contribution is 7.89. The standard InChI is InChI=1S/C24H21FN2O3S/c25-22-10-7-17(15-23(22)31(29,30)27-11-3-4-12-27)24(28)26-19-8-9-21-18(14-19)13-16-5-1-2-6-20(16)21/h1-2,5-10,14-15H,3-4,11-13H2,(H,26,28). The molecule has 5 rings (SSSR count). The van der Waals surface area contributed by atoms with Gasteiger partial charge in [-0.1, -0.05) is 30.3 Å². The van der Waals surface area contributed by atoms with Crippen molar-refractivity contribution in [3.8, 4) is 11.1 Å². The van der Waals surface area contributed by atoms with Crippen molar-refractivity contribution in [1.29, 1.82) is 0 Å². The minimum Gasteiger partial charge on any atom is -0.322 e. The third kappa shape index (κ3) is 3.54. The van der Waals surface area contributed by atoms with Crippen LogP contribution in [0.25, 0.3) is 11.1 Å². The zero-order valence-corrected chi connectivity index (χ0v) is 17.6. The number of halogens is 1. The van der Waals surface area contributed by atoms with E-state index >= 15 is 0 Å². The molecule has 0 aromatic heterocycles. The molecule has 1 N–H and O–H groups in total. The smallest absolute Gasteiger partial charge is 0.255 e. The van der Waals surface area contributed by atoms with E-state index in [4.69, 9.17) is 0 Å². The van der Waals surface area contributed by atoms with Gasteiger partial charge in [-0.25, -0.2) is 12.8 Å². The van der Waals surface area contributed by atoms with Crippen molar-refractivity contribution in [2.45, 2.75) is 24.2 Å². The Morgan fingerprint density at radius 1 is 0.903 bits per heavy atom. The number of hydrogen-bond acceptors (Lipinski definition) is 3. The number of sulfonamides is 1. The van der Waals surface area contributed by atoms with Gasteiger partial charge in [-0.3, -0.25) is 4.79 Å². The van der Waals surface area contributed by atoms with Crippen LogP contribution in [0.4, 0.5) is 10.1 Å². The van der Waals surface area contributed by atoms with Crippen LogP contribution in [0.5, 0.6) is 0 Å². The van der Waals surface area contributed by atoms with Crippen LogP contribution < -0.4 is 5.32 Å². The molecule has 5 nitrogen and oxygen atoms in total. The van der Waals surface area contributed by atoms with Crippen LogP contribution in [-0.4, -0.2) is 31.7 Å². The Morgan fingerprint density at radius 3 is 2.45 bits per heavy atom. The molecule has 0 radical (unpaired) electrons. The number of amides is 1. The predicted octanol–water partition coefficient (Wildman–Crippen LogP) is 4.43. The Balaban J connectivity index is 1.40. The van der Waals surface area contributed by atoms with Crippen molar-refractivity contribution < 1.29 is 17.6 Å². The number of benzene rings is 3. The summed E-state index contributed by atoms with van der Waals surface area (Å²) in [6.07, 6.45) is 2.30. The lowest BCUT2D eigenvalue weighted by Crippen LogP contribution is -2.29. The molecule has 7 heteroatoms. The summed E-state index contributed by atoms with van der Waals surface area (Å²) in [4.78, 5) is 12.3. The lowest BCUT2D eigenvalue weighted by molar-refractivity contribution is 0.102. The first-order valence-corrected chi connectivity index (χ1v) is 11.7. The molecule has 3 aromatic carbocycles. The lowest BCUT2D eigenvalue weighted by Gasteiger charge is -2.16. The molecule has 0 atom stereocenters. The molecule has 1 aliphatic heterocycles. The van der Waals surface area contributed by atoms with Crippen LogP contribution in [0.1, 0.15) is 34.3 Å². The molecule has 1 aliphatic carbocycles. The minimum atomic E-state index is -3.96.